The van der Waals surface area contributed by atoms with E-state index in [1.165, 1.54) is 33.2 Å². The van der Waals surface area contributed by atoms with Crippen molar-refractivity contribution >= 4 is 46.0 Å². The quantitative estimate of drug-likeness (QED) is 0.386. The van der Waals surface area contributed by atoms with Crippen molar-refractivity contribution in [3.05, 3.63) is 48.5 Å². The van der Waals surface area contributed by atoms with Crippen molar-refractivity contribution < 1.29 is 0 Å². The molecule has 2 nitrogen and oxygen atoms in total. The Hall–Kier alpha value is -1.94. The van der Waals surface area contributed by atoms with Crippen LogP contribution in [0.1, 0.15) is 0 Å². The third-order valence-corrected chi connectivity index (χ3v) is 7.86. The summed E-state index contributed by atoms with van der Waals surface area (Å²) < 4.78 is 8.00. The molecule has 0 spiro atoms. The van der Waals surface area contributed by atoms with Gasteiger partial charge in [0.15, 0.2) is 0 Å². The number of hydrogen-bond donors (Lipinski definition) is 0. The molecule has 0 aliphatic carbocycles. The van der Waals surface area contributed by atoms with E-state index in [1.54, 1.807) is 8.79 Å². The molecule has 0 saturated heterocycles. The van der Waals surface area contributed by atoms with E-state index in [1.807, 2.05) is 0 Å². The van der Waals surface area contributed by atoms with Gasteiger partial charge in [-0.3, -0.25) is 0 Å². The summed E-state index contributed by atoms with van der Waals surface area (Å²) in [5.74, 6) is 0. The van der Waals surface area contributed by atoms with Crippen LogP contribution in [0.2, 0.25) is 0 Å². The monoisotopic (exact) mass is 332 g/mol. The zero-order valence-electron chi connectivity index (χ0n) is 12.0. The standard InChI is InChI=1S/C18H14GeN2/c1-20-13-9-5-3-7-11(13)15-17(20)18-16(19-15)12-8-4-6-10-14(12)21(18)2/h3-10H,1-2H3. The van der Waals surface area contributed by atoms with Crippen LogP contribution < -0.4 is 8.79 Å². The molecule has 2 aromatic carbocycles. The van der Waals surface area contributed by atoms with Gasteiger partial charge in [0, 0.05) is 0 Å². The molecule has 4 aromatic rings. The molecule has 0 N–H and O–H groups in total. The summed E-state index contributed by atoms with van der Waals surface area (Å²) in [6, 6.07) is 17.6. The first-order valence-electron chi connectivity index (χ1n) is 7.19. The summed E-state index contributed by atoms with van der Waals surface area (Å²) in [4.78, 5) is 0. The minimum absolute atomic E-state index is 0.259. The van der Waals surface area contributed by atoms with Crippen LogP contribution in [0.5, 0.6) is 0 Å². The van der Waals surface area contributed by atoms with Gasteiger partial charge in [-0.2, -0.15) is 0 Å². The van der Waals surface area contributed by atoms with Gasteiger partial charge in [-0.15, -0.1) is 0 Å². The molecule has 0 bridgehead atoms. The zero-order valence-corrected chi connectivity index (χ0v) is 14.1. The molecule has 100 valence electrons. The molecule has 21 heavy (non-hydrogen) atoms. The average Bonchev–Trinajstić information content (AvgIpc) is 3.12. The normalized spacial score (nSPS) is 13.0. The first-order valence-corrected chi connectivity index (χ1v) is 9.29. The van der Waals surface area contributed by atoms with Gasteiger partial charge in [0.05, 0.1) is 0 Å². The Labute approximate surface area is 129 Å². The predicted octanol–water partition coefficient (Wildman–Crippen LogP) is 2.31. The van der Waals surface area contributed by atoms with E-state index in [-0.39, 0.29) is 15.4 Å². The third-order valence-electron chi connectivity index (χ3n) is 4.69. The number of para-hydroxylation sites is 2. The summed E-state index contributed by atoms with van der Waals surface area (Å²) in [7, 11) is 4.42. The summed E-state index contributed by atoms with van der Waals surface area (Å²) in [6.45, 7) is 0. The number of benzene rings is 2. The minimum atomic E-state index is -0.259. The Morgan fingerprint density at radius 2 is 1.10 bits per heavy atom. The Morgan fingerprint density at radius 3 is 1.57 bits per heavy atom. The number of nitrogens with zero attached hydrogens (tertiary/aromatic N) is 2. The van der Waals surface area contributed by atoms with Crippen LogP contribution >= 0.6 is 0 Å². The second kappa shape index (κ2) is 3.83. The number of aryl methyl sites for hydroxylation is 2. The van der Waals surface area contributed by atoms with E-state index in [2.05, 4.69) is 71.8 Å². The molecular formula is C18H14GeN2. The van der Waals surface area contributed by atoms with Crippen molar-refractivity contribution in [2.45, 2.75) is 0 Å². The molecule has 0 unspecified atom stereocenters. The first kappa shape index (κ1) is 11.7. The molecule has 0 atom stereocenters. The fourth-order valence-electron chi connectivity index (χ4n) is 3.72. The van der Waals surface area contributed by atoms with Crippen LogP contribution in [0.15, 0.2) is 48.5 Å². The van der Waals surface area contributed by atoms with Gasteiger partial charge in [-0.25, -0.2) is 0 Å². The van der Waals surface area contributed by atoms with Crippen LogP contribution in [-0.2, 0) is 14.1 Å². The van der Waals surface area contributed by atoms with Gasteiger partial charge >= 0.3 is 129 Å². The second-order valence-corrected chi connectivity index (χ2v) is 8.35. The van der Waals surface area contributed by atoms with Crippen LogP contribution in [0.4, 0.5) is 0 Å². The molecule has 0 saturated carbocycles. The second-order valence-electron chi connectivity index (χ2n) is 5.72. The summed E-state index contributed by atoms with van der Waals surface area (Å²) in [6.07, 6.45) is 0. The van der Waals surface area contributed by atoms with Gasteiger partial charge in [-0.1, -0.05) is 0 Å². The van der Waals surface area contributed by atoms with E-state index < -0.39 is 0 Å². The Kier molecular flexibility index (Phi) is 2.13. The van der Waals surface area contributed by atoms with Gasteiger partial charge in [0.1, 0.15) is 0 Å². The number of rotatable bonds is 0. The van der Waals surface area contributed by atoms with E-state index in [0.29, 0.717) is 0 Å². The van der Waals surface area contributed by atoms with Gasteiger partial charge in [-0.05, 0) is 0 Å². The van der Waals surface area contributed by atoms with Crippen LogP contribution in [-0.4, -0.2) is 24.6 Å². The number of fused-ring (bicyclic) bond motifs is 7. The Morgan fingerprint density at radius 1 is 0.667 bits per heavy atom. The van der Waals surface area contributed by atoms with Crippen LogP contribution in [0.3, 0.4) is 0 Å². The third kappa shape index (κ3) is 1.29. The van der Waals surface area contributed by atoms with E-state index in [0.717, 1.165) is 0 Å². The predicted molar refractivity (Wildman–Crippen MR) is 89.9 cm³/mol. The molecular weight excluding hydrogens is 317 g/mol. The molecule has 1 aliphatic heterocycles. The van der Waals surface area contributed by atoms with Crippen molar-refractivity contribution in [2.24, 2.45) is 14.1 Å². The van der Waals surface area contributed by atoms with Crippen LogP contribution in [0, 0.1) is 0 Å². The summed E-state index contributed by atoms with van der Waals surface area (Å²) in [5, 5.41) is 2.91. The first-order chi connectivity index (χ1) is 10.3. The van der Waals surface area contributed by atoms with Gasteiger partial charge < -0.3 is 0 Å². The molecule has 0 fully saturated rings. The molecule has 1 aliphatic rings. The van der Waals surface area contributed by atoms with Gasteiger partial charge in [0.25, 0.3) is 0 Å². The molecule has 3 heteroatoms. The Bertz CT molecular complexity index is 952. The number of hydrogen-bond acceptors (Lipinski definition) is 0. The molecule has 2 radical (unpaired) electrons. The van der Waals surface area contributed by atoms with E-state index in [4.69, 9.17) is 0 Å². The van der Waals surface area contributed by atoms with E-state index in [9.17, 15) is 0 Å². The zero-order chi connectivity index (χ0) is 14.1. The summed E-state index contributed by atoms with van der Waals surface area (Å²) in [5.41, 5.74) is 5.62. The van der Waals surface area contributed by atoms with Crippen molar-refractivity contribution in [3.8, 4) is 11.4 Å². The molecule has 5 rings (SSSR count). The van der Waals surface area contributed by atoms with Crippen LogP contribution in [0.25, 0.3) is 33.2 Å². The van der Waals surface area contributed by atoms with Crippen molar-refractivity contribution in [2.75, 3.05) is 0 Å². The maximum absolute atomic E-state index is 2.39. The fourth-order valence-corrected chi connectivity index (χ4v) is 7.39. The molecule has 0 amide bonds. The SMILES string of the molecule is Cn1c2[c](c3ccccc31)[Ge][c]1c-2n(C)c2ccccc12. The molecule has 3 heterocycles. The number of aromatic nitrogens is 2. The summed E-state index contributed by atoms with van der Waals surface area (Å²) >= 11 is -0.259. The average molecular weight is 331 g/mol. The molecule has 2 aromatic heterocycles. The van der Waals surface area contributed by atoms with Crippen molar-refractivity contribution in [1.29, 1.82) is 0 Å². The van der Waals surface area contributed by atoms with Gasteiger partial charge in [0.2, 0.25) is 0 Å². The maximum atomic E-state index is 2.39. The topological polar surface area (TPSA) is 9.86 Å². The fraction of sp³-hybridized carbons (Fsp3) is 0.111. The van der Waals surface area contributed by atoms with Crippen molar-refractivity contribution in [1.82, 2.24) is 9.13 Å². The van der Waals surface area contributed by atoms with E-state index >= 15 is 0 Å². The van der Waals surface area contributed by atoms with Crippen molar-refractivity contribution in [3.63, 3.8) is 0 Å². The Balaban J connectivity index is 1.98.